The fraction of sp³-hybridized carbons (Fsp3) is 0.286. The number of nitrogens with zero attached hydrogens (tertiary/aromatic N) is 2. The van der Waals surface area contributed by atoms with Crippen LogP contribution in [0.2, 0.25) is 5.02 Å². The van der Waals surface area contributed by atoms with Gasteiger partial charge in [0.1, 0.15) is 11.6 Å². The zero-order chi connectivity index (χ0) is 28.4. The Labute approximate surface area is 237 Å². The summed E-state index contributed by atoms with van der Waals surface area (Å²) in [7, 11) is 1.54. The molecule has 5 rings (SSSR count). The van der Waals surface area contributed by atoms with Crippen molar-refractivity contribution in [2.24, 2.45) is 0 Å². The number of rotatable bonds is 9. The Bertz CT molecular complexity index is 1590. The summed E-state index contributed by atoms with van der Waals surface area (Å²) in [6.07, 6.45) is 1.36. The summed E-state index contributed by atoms with van der Waals surface area (Å²) >= 11 is 7.84. The number of halogens is 2. The second-order valence-electron chi connectivity index (χ2n) is 9.45. The monoisotopic (exact) mass is 585 g/mol. The van der Waals surface area contributed by atoms with Gasteiger partial charge in [0.15, 0.2) is 0 Å². The third-order valence-corrected chi connectivity index (χ3v) is 8.25. The summed E-state index contributed by atoms with van der Waals surface area (Å²) in [4.78, 5) is 38.9. The summed E-state index contributed by atoms with van der Waals surface area (Å²) < 4.78 is 26.9. The first kappa shape index (κ1) is 27.8. The number of aliphatic carboxylic acids is 1. The first-order valence-corrected chi connectivity index (χ1v) is 13.7. The summed E-state index contributed by atoms with van der Waals surface area (Å²) in [6.45, 7) is 0.266. The zero-order valence-electron chi connectivity index (χ0n) is 21.4. The van der Waals surface area contributed by atoms with Crippen LogP contribution in [0.5, 0.6) is 0 Å². The van der Waals surface area contributed by atoms with E-state index in [0.29, 0.717) is 23.3 Å². The number of aryl methyl sites for hydroxylation is 1. The number of hydrogen-bond donors (Lipinski definition) is 2. The van der Waals surface area contributed by atoms with E-state index in [0.717, 1.165) is 16.2 Å². The molecule has 1 aliphatic rings. The molecule has 0 radical (unpaired) electrons. The molecule has 0 unspecified atom stereocenters. The van der Waals surface area contributed by atoms with Crippen LogP contribution in [0.25, 0.3) is 10.1 Å². The molecule has 3 heterocycles. The fourth-order valence-corrected chi connectivity index (χ4v) is 6.09. The molecule has 40 heavy (non-hydrogen) atoms. The average Bonchev–Trinajstić information content (AvgIpc) is 3.67. The summed E-state index contributed by atoms with van der Waals surface area (Å²) in [5, 5.41) is 18.1. The average molecular weight is 586 g/mol. The number of aromatic nitrogens is 1. The Morgan fingerprint density at radius 3 is 2.88 bits per heavy atom. The number of nitrogens with one attached hydrogen (secondary N) is 1. The van der Waals surface area contributed by atoms with Gasteiger partial charge in [-0.25, -0.2) is 4.39 Å². The van der Waals surface area contributed by atoms with Crippen LogP contribution in [0.4, 0.5) is 10.1 Å². The molecule has 0 aliphatic carbocycles. The van der Waals surface area contributed by atoms with E-state index >= 15 is 4.39 Å². The van der Waals surface area contributed by atoms with E-state index in [9.17, 15) is 14.4 Å². The Kier molecular flexibility index (Phi) is 8.15. The van der Waals surface area contributed by atoms with Gasteiger partial charge in [0.05, 0.1) is 47.5 Å². The van der Waals surface area contributed by atoms with Crippen molar-refractivity contribution in [1.29, 1.82) is 0 Å². The number of carboxylic acids is 1. The molecule has 2 atom stereocenters. The van der Waals surface area contributed by atoms with Gasteiger partial charge in [0, 0.05) is 47.5 Å². The molecule has 2 aromatic heterocycles. The van der Waals surface area contributed by atoms with Crippen LogP contribution < -0.4 is 5.32 Å². The van der Waals surface area contributed by atoms with E-state index in [2.05, 4.69) is 10.5 Å². The quantitative estimate of drug-likeness (QED) is 0.267. The summed E-state index contributed by atoms with van der Waals surface area (Å²) in [5.41, 5.74) is 1.24. The number of carboxylic acid groups (broad SMARTS) is 1. The number of anilines is 1. The maximum Gasteiger partial charge on any atom is 0.303 e. The van der Waals surface area contributed by atoms with Gasteiger partial charge < -0.3 is 24.6 Å². The van der Waals surface area contributed by atoms with Crippen molar-refractivity contribution < 1.29 is 33.1 Å². The first-order valence-electron chi connectivity index (χ1n) is 12.5. The van der Waals surface area contributed by atoms with Gasteiger partial charge in [-0.2, -0.15) is 0 Å². The molecular weight excluding hydrogens is 561 g/mol. The third kappa shape index (κ3) is 5.72. The molecule has 9 nitrogen and oxygen atoms in total. The van der Waals surface area contributed by atoms with Gasteiger partial charge >= 0.3 is 5.97 Å². The highest BCUT2D eigenvalue weighted by Gasteiger charge is 2.38. The minimum Gasteiger partial charge on any atom is -0.481 e. The number of benzene rings is 2. The Balaban J connectivity index is 1.33. The van der Waals surface area contributed by atoms with Crippen LogP contribution in [0, 0.1) is 5.82 Å². The number of carbonyl (C=O) groups is 3. The SMILES string of the molecule is CO[C@H]1C[C@@H](c2cnoc2CCC(=O)O)N(C(=O)Cc2cc(Cl)c(NC(=O)c3csc4ccccc34)cc2F)C1. The van der Waals surface area contributed by atoms with Crippen LogP contribution in [0.1, 0.15) is 46.1 Å². The van der Waals surface area contributed by atoms with Gasteiger partial charge in [-0.3, -0.25) is 14.4 Å². The van der Waals surface area contributed by atoms with E-state index in [1.54, 1.807) is 17.4 Å². The number of likely N-dealkylation sites (tertiary alicyclic amines) is 1. The molecule has 2 amide bonds. The maximum absolute atomic E-state index is 15.2. The lowest BCUT2D eigenvalue weighted by molar-refractivity contribution is -0.137. The van der Waals surface area contributed by atoms with E-state index in [-0.39, 0.29) is 54.1 Å². The van der Waals surface area contributed by atoms with E-state index in [1.807, 2.05) is 24.3 Å². The molecule has 4 aromatic rings. The molecule has 208 valence electrons. The standard InChI is InChI=1S/C28H25ClFN3O6S/c1-38-16-10-23(18-12-31-39-24(18)6-7-27(35)36)33(13-16)26(34)9-15-8-20(29)22(11-21(15)30)32-28(37)19-14-40-25-5-3-2-4-17(19)25/h2-5,8,11-12,14,16,23H,6-7,9-10,13H2,1H3,(H,32,37)(H,35,36)/t16-,23-/m0/s1. The van der Waals surface area contributed by atoms with Gasteiger partial charge in [0.25, 0.3) is 5.91 Å². The molecule has 0 bridgehead atoms. The van der Waals surface area contributed by atoms with Crippen LogP contribution in [-0.4, -0.2) is 52.7 Å². The van der Waals surface area contributed by atoms with Crippen molar-refractivity contribution in [3.8, 4) is 0 Å². The summed E-state index contributed by atoms with van der Waals surface area (Å²) in [5.74, 6) is -2.07. The maximum atomic E-state index is 15.2. The second kappa shape index (κ2) is 11.7. The molecule has 1 fully saturated rings. The second-order valence-corrected chi connectivity index (χ2v) is 10.8. The Hall–Kier alpha value is -3.80. The van der Waals surface area contributed by atoms with Gasteiger partial charge in [-0.1, -0.05) is 35.0 Å². The molecule has 0 spiro atoms. The minimum absolute atomic E-state index is 0.0741. The number of ether oxygens (including phenoxy) is 1. The lowest BCUT2D eigenvalue weighted by atomic mass is 10.0. The topological polar surface area (TPSA) is 122 Å². The molecule has 1 aliphatic heterocycles. The fourth-order valence-electron chi connectivity index (χ4n) is 4.92. The highest BCUT2D eigenvalue weighted by atomic mass is 35.5. The molecule has 1 saturated heterocycles. The first-order chi connectivity index (χ1) is 19.2. The van der Waals surface area contributed by atoms with Crippen molar-refractivity contribution >= 4 is 56.5 Å². The van der Waals surface area contributed by atoms with Crippen molar-refractivity contribution in [1.82, 2.24) is 10.1 Å². The lowest BCUT2D eigenvalue weighted by Crippen LogP contribution is -2.33. The van der Waals surface area contributed by atoms with Gasteiger partial charge in [-0.05, 0) is 23.8 Å². The number of carbonyl (C=O) groups excluding carboxylic acids is 2. The van der Waals surface area contributed by atoms with E-state index < -0.39 is 23.7 Å². The molecule has 0 saturated carbocycles. The Morgan fingerprint density at radius 1 is 1.30 bits per heavy atom. The van der Waals surface area contributed by atoms with Crippen molar-refractivity contribution in [2.75, 3.05) is 19.0 Å². The Morgan fingerprint density at radius 2 is 2.10 bits per heavy atom. The number of methoxy groups -OCH3 is 1. The highest BCUT2D eigenvalue weighted by molar-refractivity contribution is 7.17. The van der Waals surface area contributed by atoms with Crippen LogP contribution in [0.3, 0.4) is 0 Å². The third-order valence-electron chi connectivity index (χ3n) is 6.97. The zero-order valence-corrected chi connectivity index (χ0v) is 22.9. The van der Waals surface area contributed by atoms with Crippen molar-refractivity contribution in [3.05, 3.63) is 81.3 Å². The normalized spacial score (nSPS) is 16.9. The number of thiophene rings is 1. The minimum atomic E-state index is -0.980. The van der Waals surface area contributed by atoms with Crippen LogP contribution in [0.15, 0.2) is 52.5 Å². The highest BCUT2D eigenvalue weighted by Crippen LogP contribution is 2.37. The number of amides is 2. The number of fused-ring (bicyclic) bond motifs is 1. The van der Waals surface area contributed by atoms with Crippen LogP contribution >= 0.6 is 22.9 Å². The van der Waals surface area contributed by atoms with E-state index in [1.165, 1.54) is 23.6 Å². The van der Waals surface area contributed by atoms with Gasteiger partial charge in [0.2, 0.25) is 5.91 Å². The predicted octanol–water partition coefficient (Wildman–Crippen LogP) is 5.48. The predicted molar refractivity (Wildman–Crippen MR) is 147 cm³/mol. The van der Waals surface area contributed by atoms with Gasteiger partial charge in [-0.15, -0.1) is 11.3 Å². The molecule has 2 N–H and O–H groups in total. The number of hydrogen-bond acceptors (Lipinski definition) is 7. The molecule has 12 heteroatoms. The van der Waals surface area contributed by atoms with Crippen molar-refractivity contribution in [3.63, 3.8) is 0 Å². The largest absolute Gasteiger partial charge is 0.481 e. The summed E-state index contributed by atoms with van der Waals surface area (Å²) in [6, 6.07) is 9.46. The molecule has 2 aromatic carbocycles. The van der Waals surface area contributed by atoms with E-state index in [4.69, 9.17) is 26.0 Å². The molecular formula is C28H25ClFN3O6S. The van der Waals surface area contributed by atoms with Crippen molar-refractivity contribution in [2.45, 2.75) is 37.8 Å². The lowest BCUT2D eigenvalue weighted by Gasteiger charge is -2.24. The smallest absolute Gasteiger partial charge is 0.303 e. The van der Waals surface area contributed by atoms with Crippen LogP contribution in [-0.2, 0) is 27.2 Å².